The zero-order valence-corrected chi connectivity index (χ0v) is 33.3. The third-order valence-electron chi connectivity index (χ3n) is 11.6. The number of hydrogen-bond acceptors (Lipinski definition) is 9. The summed E-state index contributed by atoms with van der Waals surface area (Å²) >= 11 is 0. The van der Waals surface area contributed by atoms with E-state index in [2.05, 4.69) is 45.0 Å². The molecule has 2 fully saturated rings. The lowest BCUT2D eigenvalue weighted by Gasteiger charge is -2.46. The molecule has 290 valence electrons. The van der Waals surface area contributed by atoms with E-state index in [4.69, 9.17) is 13.5 Å². The van der Waals surface area contributed by atoms with Crippen LogP contribution in [0.2, 0.25) is 11.4 Å². The number of rotatable bonds is 12. The van der Waals surface area contributed by atoms with Gasteiger partial charge >= 0.3 is 14.2 Å². The molecule has 10 nitrogen and oxygen atoms in total. The van der Waals surface area contributed by atoms with Crippen LogP contribution >= 0.6 is 0 Å². The molecule has 0 spiro atoms. The predicted molar refractivity (Wildman–Crippen MR) is 220 cm³/mol. The monoisotopic (exact) mass is 773 g/mol. The number of hydrogen-bond donors (Lipinski definition) is 4. The molecule has 3 aliphatic rings. The third kappa shape index (κ3) is 7.57. The van der Waals surface area contributed by atoms with Gasteiger partial charge in [-0.15, -0.1) is 0 Å². The summed E-state index contributed by atoms with van der Waals surface area (Å²) in [7, 11) is -5.95. The minimum Gasteiger partial charge on any atom is -0.459 e. The predicted octanol–water partition coefficient (Wildman–Crippen LogP) is 4.21. The topological polar surface area (TPSA) is 150 Å². The quantitative estimate of drug-likeness (QED) is 0.0944. The van der Waals surface area contributed by atoms with Gasteiger partial charge in [-0.1, -0.05) is 99.1 Å². The minimum absolute atomic E-state index is 0.142. The molecule has 4 N–H and O–H groups in total. The number of furan rings is 1. The van der Waals surface area contributed by atoms with Crippen LogP contribution in [0, 0.1) is 17.8 Å². The van der Waals surface area contributed by atoms with Crippen molar-refractivity contribution >= 4 is 62.0 Å². The summed E-state index contributed by atoms with van der Waals surface area (Å²) in [5.74, 6) is -1.57. The molecule has 7 rings (SSSR count). The number of anilines is 1. The van der Waals surface area contributed by atoms with Crippen LogP contribution in [-0.2, 0) is 25.3 Å². The van der Waals surface area contributed by atoms with Crippen LogP contribution in [0.1, 0.15) is 58.5 Å². The Morgan fingerprint density at radius 1 is 0.946 bits per heavy atom. The summed E-state index contributed by atoms with van der Waals surface area (Å²) in [5, 5.41) is 42.5. The summed E-state index contributed by atoms with van der Waals surface area (Å²) in [6, 6.07) is 30.4. The highest BCUT2D eigenvalue weighted by Gasteiger charge is 2.58. The van der Waals surface area contributed by atoms with Crippen LogP contribution < -0.4 is 20.7 Å². The average Bonchev–Trinajstić information content (AvgIpc) is 3.74. The van der Waals surface area contributed by atoms with Gasteiger partial charge in [0.25, 0.3) is 8.32 Å². The fourth-order valence-electron chi connectivity index (χ4n) is 9.16. The summed E-state index contributed by atoms with van der Waals surface area (Å²) in [6.07, 6.45) is 2.88. The number of fused-ring (bicyclic) bond motifs is 3. The van der Waals surface area contributed by atoms with Gasteiger partial charge in [0, 0.05) is 0 Å². The Balaban J connectivity index is 1.30. The largest absolute Gasteiger partial charge is 0.488 e. The maximum Gasteiger partial charge on any atom is 0.488 e. The van der Waals surface area contributed by atoms with Gasteiger partial charge < -0.3 is 33.7 Å². The number of aliphatic hydroxyl groups excluding tert-OH is 1. The molecule has 3 aromatic carbocycles. The molecule has 2 aliphatic heterocycles. The second kappa shape index (κ2) is 16.3. The van der Waals surface area contributed by atoms with Crippen molar-refractivity contribution in [3.05, 3.63) is 125 Å². The number of allylic oxidation sites excluding steroid dienone is 1. The van der Waals surface area contributed by atoms with Crippen molar-refractivity contribution in [2.24, 2.45) is 17.8 Å². The van der Waals surface area contributed by atoms with Crippen LogP contribution in [0.5, 0.6) is 0 Å². The van der Waals surface area contributed by atoms with Gasteiger partial charge in [-0.3, -0.25) is 14.5 Å². The van der Waals surface area contributed by atoms with Crippen LogP contribution in [0.15, 0.2) is 118 Å². The molecule has 4 aromatic rings. The molecule has 1 aromatic heterocycles. The van der Waals surface area contributed by atoms with E-state index < -0.39 is 46.4 Å². The van der Waals surface area contributed by atoms with Crippen LogP contribution in [0.4, 0.5) is 5.69 Å². The highest BCUT2D eigenvalue weighted by molar-refractivity contribution is 6.99. The Morgan fingerprint density at radius 2 is 1.62 bits per heavy atom. The molecule has 0 unspecified atom stereocenters. The second-order valence-electron chi connectivity index (χ2n) is 16.2. The Hall–Kier alpha value is -4.33. The van der Waals surface area contributed by atoms with Gasteiger partial charge in [0.05, 0.1) is 30.2 Å². The van der Waals surface area contributed by atoms with Crippen molar-refractivity contribution in [1.29, 1.82) is 0 Å². The lowest BCUT2D eigenvalue weighted by Crippen LogP contribution is -2.66. The molecule has 3 heterocycles. The number of benzene rings is 3. The Labute approximate surface area is 329 Å². The summed E-state index contributed by atoms with van der Waals surface area (Å²) in [5.41, 5.74) is 3.27. The van der Waals surface area contributed by atoms with E-state index in [9.17, 15) is 29.8 Å². The first-order valence-corrected chi connectivity index (χ1v) is 21.2. The number of nitrogens with zero attached hydrogens (tertiary/aromatic N) is 1. The summed E-state index contributed by atoms with van der Waals surface area (Å²) in [4.78, 5) is 30.1. The van der Waals surface area contributed by atoms with Crippen LogP contribution in [0.25, 0.3) is 6.08 Å². The van der Waals surface area contributed by atoms with Gasteiger partial charge in [0.1, 0.15) is 18.1 Å². The Bertz CT molecular complexity index is 2070. The molecule has 2 amide bonds. The molecular weight excluding hydrogens is 724 g/mol. The molecule has 0 radical (unpaired) electrons. The molecule has 0 bridgehead atoms. The molecule has 4 atom stereocenters. The first-order valence-electron chi connectivity index (χ1n) is 19.3. The van der Waals surface area contributed by atoms with Gasteiger partial charge in [-0.2, -0.15) is 0 Å². The van der Waals surface area contributed by atoms with Crippen LogP contribution in [-0.4, -0.2) is 67.3 Å². The van der Waals surface area contributed by atoms with E-state index >= 15 is 0 Å². The molecule has 13 heteroatoms. The average molecular weight is 774 g/mol. The van der Waals surface area contributed by atoms with Crippen molar-refractivity contribution in [1.82, 2.24) is 0 Å². The lowest BCUT2D eigenvalue weighted by molar-refractivity contribution is -0.122. The second-order valence-corrected chi connectivity index (χ2v) is 20.5. The maximum atomic E-state index is 14.5. The van der Waals surface area contributed by atoms with E-state index in [-0.39, 0.29) is 54.0 Å². The number of carbonyl (C=O) groups excluding carboxylic acids is 2. The number of carbonyl (C=O) groups is 2. The summed E-state index contributed by atoms with van der Waals surface area (Å²) in [6.45, 7) is 8.65. The van der Waals surface area contributed by atoms with E-state index in [0.717, 1.165) is 27.1 Å². The number of imide groups is 1. The fourth-order valence-corrected chi connectivity index (χ4v) is 13.7. The van der Waals surface area contributed by atoms with Crippen molar-refractivity contribution in [3.63, 3.8) is 0 Å². The van der Waals surface area contributed by atoms with Crippen molar-refractivity contribution < 1.29 is 43.3 Å². The Kier molecular flexibility index (Phi) is 11.6. The van der Waals surface area contributed by atoms with Crippen molar-refractivity contribution in [3.8, 4) is 0 Å². The SMILES string of the molecule is C/C(=C\c1ccc(CO)o1)CC[C@H]1OB(O)C[C@H]2C1=C(CO[Si](c1ccccc1)(c1ccccc1)C(C)(C)C)C[C@H]1C(=O)N(c3cccc(B(O)O)c3)C(=O)[C@H]12. The molecule has 1 aliphatic carbocycles. The molecular formula is C43H49B2NO9Si. The summed E-state index contributed by atoms with van der Waals surface area (Å²) < 4.78 is 19.5. The lowest BCUT2D eigenvalue weighted by atomic mass is 9.58. The smallest absolute Gasteiger partial charge is 0.459 e. The molecule has 0 saturated carbocycles. The first kappa shape index (κ1) is 39.9. The third-order valence-corrected chi connectivity index (χ3v) is 16.6. The van der Waals surface area contributed by atoms with E-state index in [1.807, 2.05) is 49.4 Å². The van der Waals surface area contributed by atoms with E-state index in [1.54, 1.807) is 24.3 Å². The van der Waals surface area contributed by atoms with Gasteiger partial charge in [0.15, 0.2) is 0 Å². The molecule has 2 saturated heterocycles. The van der Waals surface area contributed by atoms with Crippen molar-refractivity contribution in [2.45, 2.75) is 71.0 Å². The van der Waals surface area contributed by atoms with Crippen molar-refractivity contribution in [2.75, 3.05) is 11.5 Å². The highest BCUT2D eigenvalue weighted by Crippen LogP contribution is 2.52. The number of amides is 2. The highest BCUT2D eigenvalue weighted by atomic mass is 28.4. The van der Waals surface area contributed by atoms with E-state index in [1.165, 1.54) is 17.0 Å². The normalized spacial score (nSPS) is 21.8. The minimum atomic E-state index is -3.02. The standard InChI is InChI=1S/C43H49B2NO9Si/c1-28(22-32-19-20-33(26-47)54-32)18-21-38-39-29(27-53-56(43(2,3)4,34-14-7-5-8-15-34)35-16-9-6-10-17-35)23-36-40(37(39)25-44(50)55-38)42(49)46(41(36)48)31-13-11-12-30(24-31)45(51)52/h5-17,19-20,22,24,36-38,40,47,50-52H,18,21,23,25-27H2,1-4H3/b28-22+/t36-,37+,38-,40-/m1/s1. The Morgan fingerprint density at radius 3 is 2.23 bits per heavy atom. The first-order chi connectivity index (χ1) is 26.8. The molecule has 56 heavy (non-hydrogen) atoms. The zero-order chi connectivity index (χ0) is 39.8. The van der Waals surface area contributed by atoms with E-state index in [0.29, 0.717) is 24.4 Å². The van der Waals surface area contributed by atoms with Gasteiger partial charge in [-0.05, 0) is 101 Å². The van der Waals surface area contributed by atoms with Gasteiger partial charge in [-0.25, -0.2) is 0 Å². The zero-order valence-electron chi connectivity index (χ0n) is 32.3. The maximum absolute atomic E-state index is 14.5. The van der Waals surface area contributed by atoms with Crippen LogP contribution in [0.3, 0.4) is 0 Å². The van der Waals surface area contributed by atoms with Gasteiger partial charge in [0.2, 0.25) is 11.8 Å². The number of aliphatic hydroxyl groups is 1. The fraction of sp³-hybridized carbons (Fsp3) is 0.349.